The number of fused-ring (bicyclic) bond motifs is 3. The van der Waals surface area contributed by atoms with Gasteiger partial charge in [-0.1, -0.05) is 17.7 Å². The number of amides is 1. The monoisotopic (exact) mass is 301 g/mol. The minimum absolute atomic E-state index is 0.0676. The molecule has 1 amide bonds. The zero-order chi connectivity index (χ0) is 14.6. The van der Waals surface area contributed by atoms with Crippen molar-refractivity contribution in [3.8, 4) is 0 Å². The van der Waals surface area contributed by atoms with Crippen molar-refractivity contribution >= 4 is 28.4 Å². The highest BCUT2D eigenvalue weighted by atomic mass is 35.5. The highest BCUT2D eigenvalue weighted by Gasteiger charge is 2.38. The van der Waals surface area contributed by atoms with Crippen molar-refractivity contribution in [1.29, 1.82) is 0 Å². The van der Waals surface area contributed by atoms with Crippen molar-refractivity contribution in [3.05, 3.63) is 40.5 Å². The van der Waals surface area contributed by atoms with E-state index in [-0.39, 0.29) is 5.91 Å². The fourth-order valence-electron chi connectivity index (χ4n) is 3.32. The van der Waals surface area contributed by atoms with Crippen molar-refractivity contribution in [2.24, 2.45) is 0 Å². The highest BCUT2D eigenvalue weighted by molar-refractivity contribution is 6.35. The third-order valence-electron chi connectivity index (χ3n) is 4.44. The second-order valence-corrected chi connectivity index (χ2v) is 6.34. The molecule has 108 valence electrons. The Kier molecular flexibility index (Phi) is 2.91. The van der Waals surface area contributed by atoms with Gasteiger partial charge in [-0.3, -0.25) is 9.78 Å². The zero-order valence-corrected chi connectivity index (χ0v) is 12.5. The van der Waals surface area contributed by atoms with Crippen LogP contribution in [0.15, 0.2) is 24.3 Å². The molecule has 0 aliphatic carbocycles. The maximum Gasteiger partial charge on any atom is 0.255 e. The number of rotatable bonds is 1. The van der Waals surface area contributed by atoms with Crippen molar-refractivity contribution in [1.82, 2.24) is 15.2 Å². The van der Waals surface area contributed by atoms with E-state index < -0.39 is 0 Å². The molecule has 4 heterocycles. The van der Waals surface area contributed by atoms with E-state index in [1.807, 2.05) is 36.1 Å². The third kappa shape index (κ3) is 2.10. The standard InChI is InChI=1S/C16H16ClN3O/c1-9-12(6-13-14(17)3-2-4-15(13)18-9)16(21)20-7-10-5-11(8-20)19-10/h2-4,6,10-11,19H,5,7-8H2,1H3. The van der Waals surface area contributed by atoms with Gasteiger partial charge in [0.2, 0.25) is 0 Å². The molecule has 0 saturated carbocycles. The van der Waals surface area contributed by atoms with Crippen LogP contribution in [0.1, 0.15) is 22.5 Å². The molecule has 3 saturated heterocycles. The van der Waals surface area contributed by atoms with E-state index in [1.54, 1.807) is 0 Å². The molecule has 2 bridgehead atoms. The van der Waals surface area contributed by atoms with Gasteiger partial charge in [0, 0.05) is 35.6 Å². The Hall–Kier alpha value is -1.65. The van der Waals surface area contributed by atoms with E-state index in [9.17, 15) is 4.79 Å². The highest BCUT2D eigenvalue weighted by Crippen LogP contribution is 2.27. The van der Waals surface area contributed by atoms with E-state index in [1.165, 1.54) is 6.42 Å². The molecule has 3 aliphatic rings. The lowest BCUT2D eigenvalue weighted by Crippen LogP contribution is -2.67. The van der Waals surface area contributed by atoms with Gasteiger partial charge in [-0.2, -0.15) is 0 Å². The van der Waals surface area contributed by atoms with E-state index in [0.29, 0.717) is 22.7 Å². The summed E-state index contributed by atoms with van der Waals surface area (Å²) in [6, 6.07) is 8.44. The Morgan fingerprint density at radius 3 is 2.81 bits per heavy atom. The zero-order valence-electron chi connectivity index (χ0n) is 11.8. The molecule has 3 fully saturated rings. The summed E-state index contributed by atoms with van der Waals surface area (Å²) in [5.74, 6) is 0.0676. The van der Waals surface area contributed by atoms with Crippen molar-refractivity contribution in [2.45, 2.75) is 25.4 Å². The van der Waals surface area contributed by atoms with Crippen LogP contribution < -0.4 is 5.32 Å². The summed E-state index contributed by atoms with van der Waals surface area (Å²) < 4.78 is 0. The summed E-state index contributed by atoms with van der Waals surface area (Å²) in [6.07, 6.45) is 1.19. The molecule has 1 aromatic heterocycles. The molecule has 2 unspecified atom stereocenters. The number of hydrogen-bond acceptors (Lipinski definition) is 3. The quantitative estimate of drug-likeness (QED) is 0.879. The van der Waals surface area contributed by atoms with Crippen LogP contribution in [-0.4, -0.2) is 41.0 Å². The number of nitrogens with one attached hydrogen (secondary N) is 1. The third-order valence-corrected chi connectivity index (χ3v) is 4.77. The van der Waals surface area contributed by atoms with Crippen LogP contribution in [0.2, 0.25) is 5.02 Å². The first kappa shape index (κ1) is 13.0. The summed E-state index contributed by atoms with van der Waals surface area (Å²) in [5, 5.41) is 4.92. The molecule has 4 nitrogen and oxygen atoms in total. The van der Waals surface area contributed by atoms with Crippen LogP contribution in [0.5, 0.6) is 0 Å². The number of nitrogens with zero attached hydrogens (tertiary/aromatic N) is 2. The first-order valence-electron chi connectivity index (χ1n) is 7.23. The largest absolute Gasteiger partial charge is 0.335 e. The van der Waals surface area contributed by atoms with Gasteiger partial charge in [0.15, 0.2) is 0 Å². The predicted molar refractivity (Wildman–Crippen MR) is 82.7 cm³/mol. The molecule has 2 atom stereocenters. The van der Waals surface area contributed by atoms with Gasteiger partial charge in [0.05, 0.1) is 16.8 Å². The van der Waals surface area contributed by atoms with Crippen LogP contribution in [0.3, 0.4) is 0 Å². The van der Waals surface area contributed by atoms with Crippen LogP contribution in [0, 0.1) is 6.92 Å². The summed E-state index contributed by atoms with van der Waals surface area (Å²) in [5.41, 5.74) is 2.26. The van der Waals surface area contributed by atoms with E-state index >= 15 is 0 Å². The Labute approximate surface area is 128 Å². The molecule has 21 heavy (non-hydrogen) atoms. The lowest BCUT2D eigenvalue weighted by molar-refractivity contribution is 0.0473. The van der Waals surface area contributed by atoms with Crippen LogP contribution >= 0.6 is 11.6 Å². The lowest BCUT2D eigenvalue weighted by atomic mass is 9.91. The first-order chi connectivity index (χ1) is 10.1. The van der Waals surface area contributed by atoms with Crippen molar-refractivity contribution in [2.75, 3.05) is 13.1 Å². The Balaban J connectivity index is 1.73. The number of carbonyl (C=O) groups is 1. The fraction of sp³-hybridized carbons (Fsp3) is 0.375. The van der Waals surface area contributed by atoms with Crippen molar-refractivity contribution in [3.63, 3.8) is 0 Å². The Morgan fingerprint density at radius 1 is 1.38 bits per heavy atom. The van der Waals surface area contributed by atoms with Gasteiger partial charge in [-0.15, -0.1) is 0 Å². The second kappa shape index (κ2) is 4.68. The van der Waals surface area contributed by atoms with E-state index in [4.69, 9.17) is 11.6 Å². The van der Waals surface area contributed by atoms with Crippen LogP contribution in [0.25, 0.3) is 10.9 Å². The molecular formula is C16H16ClN3O. The van der Waals surface area contributed by atoms with Gasteiger partial charge in [0.1, 0.15) is 0 Å². The van der Waals surface area contributed by atoms with Gasteiger partial charge in [-0.05, 0) is 31.5 Å². The number of carbonyl (C=O) groups excluding carboxylic acids is 1. The number of piperidine rings is 1. The molecule has 2 aromatic rings. The minimum atomic E-state index is 0.0676. The van der Waals surface area contributed by atoms with Gasteiger partial charge in [-0.25, -0.2) is 0 Å². The molecule has 1 N–H and O–H groups in total. The van der Waals surface area contributed by atoms with Gasteiger partial charge >= 0.3 is 0 Å². The van der Waals surface area contributed by atoms with Crippen LogP contribution in [0.4, 0.5) is 0 Å². The number of benzene rings is 1. The maximum absolute atomic E-state index is 12.8. The molecular weight excluding hydrogens is 286 g/mol. The number of hydrogen-bond donors (Lipinski definition) is 1. The topological polar surface area (TPSA) is 45.2 Å². The Morgan fingerprint density at radius 2 is 2.10 bits per heavy atom. The van der Waals surface area contributed by atoms with E-state index in [2.05, 4.69) is 10.3 Å². The predicted octanol–water partition coefficient (Wildman–Crippen LogP) is 2.38. The summed E-state index contributed by atoms with van der Waals surface area (Å²) in [7, 11) is 0. The molecule has 0 radical (unpaired) electrons. The number of halogens is 1. The SMILES string of the molecule is Cc1nc2cccc(Cl)c2cc1C(=O)N1CC2CC(C1)N2. The second-order valence-electron chi connectivity index (χ2n) is 5.93. The average molecular weight is 302 g/mol. The first-order valence-corrected chi connectivity index (χ1v) is 7.61. The smallest absolute Gasteiger partial charge is 0.255 e. The molecule has 0 spiro atoms. The normalized spacial score (nSPS) is 24.0. The average Bonchev–Trinajstić information content (AvgIpc) is 2.46. The van der Waals surface area contributed by atoms with Crippen molar-refractivity contribution < 1.29 is 4.79 Å². The minimum Gasteiger partial charge on any atom is -0.335 e. The summed E-state index contributed by atoms with van der Waals surface area (Å²) in [4.78, 5) is 19.2. The summed E-state index contributed by atoms with van der Waals surface area (Å²) in [6.45, 7) is 3.46. The number of aromatic nitrogens is 1. The molecule has 1 aromatic carbocycles. The summed E-state index contributed by atoms with van der Waals surface area (Å²) >= 11 is 6.23. The molecule has 5 heteroatoms. The molecule has 3 aliphatic heterocycles. The fourth-order valence-corrected chi connectivity index (χ4v) is 3.55. The van der Waals surface area contributed by atoms with Gasteiger partial charge in [0.25, 0.3) is 5.91 Å². The van der Waals surface area contributed by atoms with Crippen LogP contribution in [-0.2, 0) is 0 Å². The Bertz CT molecular complexity index is 730. The maximum atomic E-state index is 12.8. The number of pyridine rings is 1. The number of piperazine rings is 1. The molecule has 5 rings (SSSR count). The number of aryl methyl sites for hydroxylation is 1. The van der Waals surface area contributed by atoms with E-state index in [0.717, 1.165) is 29.7 Å². The lowest BCUT2D eigenvalue weighted by Gasteiger charge is -2.48. The van der Waals surface area contributed by atoms with Gasteiger partial charge < -0.3 is 10.2 Å².